The SMILES string of the molecule is CC(C)(C)c1ccc(N2c3cc4c(cc3B3c5cc6sc7ccccc7c6cc5C5(c6ccccc6-c6ccccc65)c5cc(C(C)(C)C)cc2c53)sc2ccccc24)cc1. The molecule has 10 aromatic rings. The van der Waals surface area contributed by atoms with Gasteiger partial charge in [0.1, 0.15) is 0 Å². The molecule has 1 aliphatic carbocycles. The zero-order valence-corrected chi connectivity index (χ0v) is 37.0. The summed E-state index contributed by atoms with van der Waals surface area (Å²) in [7, 11) is 0. The van der Waals surface area contributed by atoms with Crippen molar-refractivity contribution in [3.63, 3.8) is 0 Å². The largest absolute Gasteiger partial charge is 0.311 e. The van der Waals surface area contributed by atoms with Gasteiger partial charge in [0.2, 0.25) is 6.71 Å². The second-order valence-electron chi connectivity index (χ2n) is 19.7. The number of hydrogen-bond acceptors (Lipinski definition) is 3. The van der Waals surface area contributed by atoms with Gasteiger partial charge in [-0.25, -0.2) is 0 Å². The van der Waals surface area contributed by atoms with Crippen LogP contribution in [-0.4, -0.2) is 6.71 Å². The smallest absolute Gasteiger partial charge is 0.247 e. The Bertz CT molecular complexity index is 3470. The Morgan fingerprint density at radius 3 is 1.57 bits per heavy atom. The van der Waals surface area contributed by atoms with E-state index in [-0.39, 0.29) is 17.5 Å². The lowest BCUT2D eigenvalue weighted by Gasteiger charge is -2.48. The fourth-order valence-electron chi connectivity index (χ4n) is 11.4. The van der Waals surface area contributed by atoms with E-state index in [1.54, 1.807) is 0 Å². The number of thiophene rings is 2. The van der Waals surface area contributed by atoms with Crippen LogP contribution in [0.2, 0.25) is 0 Å². The fraction of sp³-hybridized carbons (Fsp3) is 0.158. The van der Waals surface area contributed by atoms with Crippen LogP contribution in [0.1, 0.15) is 74.9 Å². The summed E-state index contributed by atoms with van der Waals surface area (Å²) in [4.78, 5) is 2.64. The van der Waals surface area contributed by atoms with E-state index >= 15 is 0 Å². The second kappa shape index (κ2) is 12.1. The van der Waals surface area contributed by atoms with E-state index in [0.717, 1.165) is 0 Å². The van der Waals surface area contributed by atoms with Crippen LogP contribution < -0.4 is 21.3 Å². The van der Waals surface area contributed by atoms with E-state index in [0.29, 0.717) is 0 Å². The van der Waals surface area contributed by atoms with Gasteiger partial charge >= 0.3 is 0 Å². The van der Waals surface area contributed by atoms with E-state index in [2.05, 4.69) is 204 Å². The Kier molecular flexibility index (Phi) is 7.11. The maximum Gasteiger partial charge on any atom is 0.247 e. The molecule has 61 heavy (non-hydrogen) atoms. The lowest BCUT2D eigenvalue weighted by Crippen LogP contribution is -2.65. The summed E-state index contributed by atoms with van der Waals surface area (Å²) in [5, 5.41) is 5.36. The third-order valence-corrected chi connectivity index (χ3v) is 16.5. The highest BCUT2D eigenvalue weighted by Gasteiger charge is 2.55. The van der Waals surface area contributed by atoms with Crippen LogP contribution in [0.25, 0.3) is 51.5 Å². The van der Waals surface area contributed by atoms with Gasteiger partial charge in [0, 0.05) is 57.4 Å². The molecule has 0 atom stereocenters. The molecule has 13 rings (SSSR count). The molecule has 0 N–H and O–H groups in total. The first-order valence-electron chi connectivity index (χ1n) is 21.7. The first-order chi connectivity index (χ1) is 29.5. The first kappa shape index (κ1) is 35.8. The maximum absolute atomic E-state index is 2.64. The van der Waals surface area contributed by atoms with Crippen LogP contribution in [0.15, 0.2) is 158 Å². The molecule has 1 spiro atoms. The minimum atomic E-state index is -0.525. The van der Waals surface area contributed by atoms with Crippen LogP contribution >= 0.6 is 22.7 Å². The minimum Gasteiger partial charge on any atom is -0.311 e. The standard InChI is InChI=1S/C57H44BNS2/c1-55(2,3)33-23-25-35(26-24-33)59-48-30-41-39-18-10-14-22-51(39)61-53(41)32-47(48)58-46-31-52-40(38-17-9-13-21-50(38)60-52)29-44(46)57(45-27-34(56(4,5)6)28-49(59)54(45)58)42-19-11-7-15-36(42)37-16-8-12-20-43(37)57/h7-32H,1-6H3. The zero-order chi connectivity index (χ0) is 41.2. The molecule has 3 aliphatic rings. The molecule has 1 nitrogen and oxygen atoms in total. The molecule has 8 aromatic carbocycles. The number of nitrogens with zero attached hydrogens (tertiary/aromatic N) is 1. The van der Waals surface area contributed by atoms with Gasteiger partial charge in [0.05, 0.1) is 5.41 Å². The second-order valence-corrected chi connectivity index (χ2v) is 21.8. The van der Waals surface area contributed by atoms with Gasteiger partial charge in [0.25, 0.3) is 0 Å². The minimum absolute atomic E-state index is 0.0314. The van der Waals surface area contributed by atoms with Crippen molar-refractivity contribution in [2.45, 2.75) is 57.8 Å². The molecule has 4 heteroatoms. The van der Waals surface area contributed by atoms with E-state index in [9.17, 15) is 0 Å². The lowest BCUT2D eigenvalue weighted by molar-refractivity contribution is 0.587. The van der Waals surface area contributed by atoms with Crippen LogP contribution in [0.4, 0.5) is 17.1 Å². The average Bonchev–Trinajstić information content (AvgIpc) is 3.91. The summed E-state index contributed by atoms with van der Waals surface area (Å²) in [5.74, 6) is 0. The van der Waals surface area contributed by atoms with Crippen molar-refractivity contribution < 1.29 is 0 Å². The summed E-state index contributed by atoms with van der Waals surface area (Å²) < 4.78 is 5.38. The third kappa shape index (κ3) is 4.73. The van der Waals surface area contributed by atoms with E-state index in [1.165, 1.54) is 118 Å². The topological polar surface area (TPSA) is 3.24 Å². The highest BCUT2D eigenvalue weighted by atomic mass is 32.1. The molecular formula is C57H44BNS2. The number of fused-ring (bicyclic) bond motifs is 17. The summed E-state index contributed by atoms with van der Waals surface area (Å²) >= 11 is 3.87. The van der Waals surface area contributed by atoms with Gasteiger partial charge in [-0.05, 0) is 121 Å². The van der Waals surface area contributed by atoms with Gasteiger partial charge in [-0.2, -0.15) is 0 Å². The van der Waals surface area contributed by atoms with E-state index < -0.39 is 5.41 Å². The monoisotopic (exact) mass is 817 g/mol. The Balaban J connectivity index is 1.24. The normalized spacial score (nSPS) is 14.8. The highest BCUT2D eigenvalue weighted by Crippen LogP contribution is 2.59. The predicted octanol–water partition coefficient (Wildman–Crippen LogP) is 14.0. The number of benzene rings is 8. The first-order valence-corrected chi connectivity index (χ1v) is 23.3. The fourth-order valence-corrected chi connectivity index (χ4v) is 13.7. The summed E-state index contributed by atoms with van der Waals surface area (Å²) in [6.07, 6.45) is 0. The average molecular weight is 818 g/mol. The molecule has 0 saturated heterocycles. The summed E-state index contributed by atoms with van der Waals surface area (Å²) in [6.45, 7) is 14.1. The van der Waals surface area contributed by atoms with Crippen molar-refractivity contribution in [1.82, 2.24) is 0 Å². The Hall–Kier alpha value is -5.94. The van der Waals surface area contributed by atoms with E-state index in [1.807, 2.05) is 22.7 Å². The molecule has 0 amide bonds. The van der Waals surface area contributed by atoms with Crippen molar-refractivity contribution >= 4 is 103 Å². The van der Waals surface area contributed by atoms with Crippen LogP contribution in [-0.2, 0) is 16.2 Å². The van der Waals surface area contributed by atoms with Crippen molar-refractivity contribution in [3.8, 4) is 11.1 Å². The van der Waals surface area contributed by atoms with Crippen molar-refractivity contribution in [3.05, 3.63) is 191 Å². The predicted molar refractivity (Wildman–Crippen MR) is 266 cm³/mol. The van der Waals surface area contributed by atoms with Gasteiger partial charge in [-0.1, -0.05) is 150 Å². The summed E-state index contributed by atoms with van der Waals surface area (Å²) in [6, 6.07) is 61.6. The van der Waals surface area contributed by atoms with Crippen LogP contribution in [0, 0.1) is 0 Å². The Labute approximate surface area is 366 Å². The molecule has 0 fully saturated rings. The van der Waals surface area contributed by atoms with E-state index in [4.69, 9.17) is 0 Å². The molecule has 0 radical (unpaired) electrons. The quantitative estimate of drug-likeness (QED) is 0.149. The molecule has 2 aromatic heterocycles. The molecule has 2 aliphatic heterocycles. The van der Waals surface area contributed by atoms with Crippen molar-refractivity contribution in [2.24, 2.45) is 0 Å². The molecule has 0 bridgehead atoms. The molecular weight excluding hydrogens is 774 g/mol. The van der Waals surface area contributed by atoms with Crippen molar-refractivity contribution in [1.29, 1.82) is 0 Å². The van der Waals surface area contributed by atoms with Gasteiger partial charge in [0.15, 0.2) is 0 Å². The zero-order valence-electron chi connectivity index (χ0n) is 35.4. The van der Waals surface area contributed by atoms with Crippen molar-refractivity contribution in [2.75, 3.05) is 4.90 Å². The van der Waals surface area contributed by atoms with Crippen LogP contribution in [0.5, 0.6) is 0 Å². The summed E-state index contributed by atoms with van der Waals surface area (Å²) in [5.41, 5.74) is 18.4. The number of hydrogen-bond donors (Lipinski definition) is 0. The maximum atomic E-state index is 2.64. The Morgan fingerprint density at radius 1 is 0.426 bits per heavy atom. The number of anilines is 3. The van der Waals surface area contributed by atoms with Gasteiger partial charge in [-0.15, -0.1) is 22.7 Å². The van der Waals surface area contributed by atoms with Crippen LogP contribution in [0.3, 0.4) is 0 Å². The molecule has 292 valence electrons. The third-order valence-electron chi connectivity index (χ3n) is 14.2. The number of rotatable bonds is 1. The van der Waals surface area contributed by atoms with Gasteiger partial charge in [-0.3, -0.25) is 0 Å². The molecule has 4 heterocycles. The Morgan fingerprint density at radius 2 is 0.967 bits per heavy atom. The lowest BCUT2D eigenvalue weighted by atomic mass is 9.29. The molecule has 0 unspecified atom stereocenters. The van der Waals surface area contributed by atoms with Gasteiger partial charge < -0.3 is 4.90 Å². The molecule has 0 saturated carbocycles. The highest BCUT2D eigenvalue weighted by molar-refractivity contribution is 7.26.